The molecule has 1 unspecified atom stereocenters. The van der Waals surface area contributed by atoms with Gasteiger partial charge in [-0.25, -0.2) is 4.79 Å². The zero-order valence-electron chi connectivity index (χ0n) is 14.1. The number of nitrogens with one attached hydrogen (secondary N) is 1. The van der Waals surface area contributed by atoms with E-state index in [0.717, 1.165) is 6.42 Å². The first-order valence-corrected chi connectivity index (χ1v) is 9.23. The number of urea groups is 1. The lowest BCUT2D eigenvalue weighted by Crippen LogP contribution is -2.46. The van der Waals surface area contributed by atoms with E-state index in [1.807, 2.05) is 0 Å². The Balaban J connectivity index is 1.73. The lowest BCUT2D eigenvalue weighted by molar-refractivity contribution is -0.115. The molecule has 0 bridgehead atoms. The third-order valence-electron chi connectivity index (χ3n) is 5.60. The van der Waals surface area contributed by atoms with Gasteiger partial charge in [0.1, 0.15) is 0 Å². The third kappa shape index (κ3) is 5.29. The van der Waals surface area contributed by atoms with Crippen molar-refractivity contribution in [3.8, 4) is 0 Å². The van der Waals surface area contributed by atoms with Crippen LogP contribution in [0, 0.1) is 11.8 Å². The summed E-state index contributed by atoms with van der Waals surface area (Å²) >= 11 is 0. The van der Waals surface area contributed by atoms with Crippen LogP contribution in [0.15, 0.2) is 0 Å². The molecule has 22 heavy (non-hydrogen) atoms. The second kappa shape index (κ2) is 9.16. The van der Waals surface area contributed by atoms with E-state index in [4.69, 9.17) is 0 Å². The minimum Gasteiger partial charge on any atom is -0.335 e. The van der Waals surface area contributed by atoms with E-state index in [1.54, 1.807) is 0 Å². The van der Waals surface area contributed by atoms with Crippen LogP contribution in [0.1, 0.15) is 77.6 Å². The molecular formula is C18H32N2O2. The van der Waals surface area contributed by atoms with Crippen LogP contribution in [0.3, 0.4) is 0 Å². The Bertz CT molecular complexity index is 347. The highest BCUT2D eigenvalue weighted by atomic mass is 16.2. The Kier molecular flexibility index (Phi) is 7.20. The van der Waals surface area contributed by atoms with Gasteiger partial charge >= 0.3 is 6.03 Å². The number of amides is 3. The average Bonchev–Trinajstić information content (AvgIpc) is 2.57. The van der Waals surface area contributed by atoms with E-state index in [0.29, 0.717) is 24.8 Å². The maximum atomic E-state index is 12.3. The van der Waals surface area contributed by atoms with Gasteiger partial charge < -0.3 is 5.32 Å². The number of carbonyl (C=O) groups is 2. The zero-order valence-corrected chi connectivity index (χ0v) is 14.1. The van der Waals surface area contributed by atoms with Crippen molar-refractivity contribution in [2.24, 2.45) is 11.8 Å². The van der Waals surface area contributed by atoms with E-state index in [1.165, 1.54) is 69.1 Å². The minimum atomic E-state index is -0.205. The van der Waals surface area contributed by atoms with Crippen LogP contribution in [-0.2, 0) is 4.79 Å². The summed E-state index contributed by atoms with van der Waals surface area (Å²) in [6.45, 7) is 2.65. The fraction of sp³-hybridized carbons (Fsp3) is 0.889. The Morgan fingerprint density at radius 2 is 1.68 bits per heavy atom. The molecule has 2 fully saturated rings. The Morgan fingerprint density at radius 1 is 1.09 bits per heavy atom. The summed E-state index contributed by atoms with van der Waals surface area (Å²) in [6.07, 6.45) is 14.4. The molecular weight excluding hydrogens is 276 g/mol. The summed E-state index contributed by atoms with van der Waals surface area (Å²) in [6, 6.07) is -0.0335. The van der Waals surface area contributed by atoms with Crippen molar-refractivity contribution in [2.75, 3.05) is 6.54 Å². The van der Waals surface area contributed by atoms with Crippen molar-refractivity contribution < 1.29 is 9.59 Å². The molecule has 0 aliphatic heterocycles. The molecule has 0 heterocycles. The van der Waals surface area contributed by atoms with E-state index >= 15 is 0 Å². The van der Waals surface area contributed by atoms with Crippen LogP contribution in [0.4, 0.5) is 4.79 Å². The second-order valence-electron chi connectivity index (χ2n) is 7.23. The number of nitrogens with zero attached hydrogens (tertiary/aromatic N) is 1. The van der Waals surface area contributed by atoms with E-state index in [9.17, 15) is 9.59 Å². The monoisotopic (exact) mass is 308 g/mol. The van der Waals surface area contributed by atoms with Crippen molar-refractivity contribution in [3.05, 3.63) is 0 Å². The summed E-state index contributed by atoms with van der Waals surface area (Å²) in [7, 11) is 0. The van der Waals surface area contributed by atoms with Gasteiger partial charge in [-0.2, -0.15) is 0 Å². The summed E-state index contributed by atoms with van der Waals surface area (Å²) < 4.78 is 0. The van der Waals surface area contributed by atoms with Gasteiger partial charge in [0.2, 0.25) is 6.41 Å². The van der Waals surface area contributed by atoms with Crippen molar-refractivity contribution >= 4 is 12.4 Å². The van der Waals surface area contributed by atoms with Crippen molar-refractivity contribution in [2.45, 2.75) is 83.6 Å². The SMILES string of the molecule is CC(NC(=O)N(C=O)CCC1CCCCC1)C1CCCCC1. The molecule has 0 spiro atoms. The van der Waals surface area contributed by atoms with E-state index in [2.05, 4.69) is 12.2 Å². The molecule has 0 saturated heterocycles. The first-order chi connectivity index (χ1) is 10.7. The van der Waals surface area contributed by atoms with Crippen molar-refractivity contribution in [3.63, 3.8) is 0 Å². The molecule has 0 aromatic carbocycles. The fourth-order valence-corrected chi connectivity index (χ4v) is 4.03. The average molecular weight is 308 g/mol. The smallest absolute Gasteiger partial charge is 0.324 e. The largest absolute Gasteiger partial charge is 0.335 e. The number of hydrogen-bond donors (Lipinski definition) is 1. The predicted molar refractivity (Wildman–Crippen MR) is 88.5 cm³/mol. The van der Waals surface area contributed by atoms with Crippen LogP contribution in [-0.4, -0.2) is 29.9 Å². The Morgan fingerprint density at radius 3 is 2.27 bits per heavy atom. The lowest BCUT2D eigenvalue weighted by Gasteiger charge is -2.30. The maximum Gasteiger partial charge on any atom is 0.324 e. The summed E-state index contributed by atoms with van der Waals surface area (Å²) in [5.74, 6) is 1.27. The molecule has 1 N–H and O–H groups in total. The minimum absolute atomic E-state index is 0.171. The molecule has 3 amide bonds. The summed E-state index contributed by atoms with van der Waals surface area (Å²) in [5.41, 5.74) is 0. The predicted octanol–water partition coefficient (Wildman–Crippen LogP) is 4.09. The topological polar surface area (TPSA) is 49.4 Å². The van der Waals surface area contributed by atoms with Crippen LogP contribution in [0.25, 0.3) is 0 Å². The number of imide groups is 1. The first-order valence-electron chi connectivity index (χ1n) is 9.23. The van der Waals surface area contributed by atoms with E-state index < -0.39 is 0 Å². The van der Waals surface area contributed by atoms with Gasteiger partial charge in [0.15, 0.2) is 0 Å². The normalized spacial score (nSPS) is 22.0. The van der Waals surface area contributed by atoms with Crippen molar-refractivity contribution in [1.29, 1.82) is 0 Å². The van der Waals surface area contributed by atoms with Gasteiger partial charge in [0.25, 0.3) is 0 Å². The zero-order chi connectivity index (χ0) is 15.8. The van der Waals surface area contributed by atoms with Crippen LogP contribution in [0.2, 0.25) is 0 Å². The molecule has 0 aromatic heterocycles. The summed E-state index contributed by atoms with van der Waals surface area (Å²) in [5, 5.41) is 3.04. The first kappa shape index (κ1) is 17.3. The van der Waals surface area contributed by atoms with Gasteiger partial charge in [0.05, 0.1) is 0 Å². The number of rotatable bonds is 6. The van der Waals surface area contributed by atoms with Gasteiger partial charge in [0, 0.05) is 12.6 Å². The lowest BCUT2D eigenvalue weighted by atomic mass is 9.84. The van der Waals surface area contributed by atoms with Crippen molar-refractivity contribution in [1.82, 2.24) is 10.2 Å². The highest BCUT2D eigenvalue weighted by Gasteiger charge is 2.24. The summed E-state index contributed by atoms with van der Waals surface area (Å²) in [4.78, 5) is 24.9. The highest BCUT2D eigenvalue weighted by Crippen LogP contribution is 2.27. The Labute approximate surface area is 135 Å². The standard InChI is InChI=1S/C18H32N2O2/c1-15(17-10-6-3-7-11-17)19-18(22)20(14-21)13-12-16-8-4-2-5-9-16/h14-17H,2-13H2,1H3,(H,19,22). The maximum absolute atomic E-state index is 12.3. The molecule has 0 aromatic rings. The van der Waals surface area contributed by atoms with Gasteiger partial charge in [-0.15, -0.1) is 0 Å². The van der Waals surface area contributed by atoms with Gasteiger partial charge in [-0.1, -0.05) is 51.4 Å². The molecule has 1 atom stereocenters. The Hall–Kier alpha value is -1.06. The molecule has 2 rings (SSSR count). The molecule has 2 aliphatic rings. The second-order valence-corrected chi connectivity index (χ2v) is 7.23. The quantitative estimate of drug-likeness (QED) is 0.751. The van der Waals surface area contributed by atoms with Crippen LogP contribution >= 0.6 is 0 Å². The molecule has 4 heteroatoms. The molecule has 4 nitrogen and oxygen atoms in total. The van der Waals surface area contributed by atoms with Gasteiger partial charge in [-0.05, 0) is 38.0 Å². The highest BCUT2D eigenvalue weighted by molar-refractivity contribution is 5.84. The molecule has 0 radical (unpaired) electrons. The molecule has 126 valence electrons. The third-order valence-corrected chi connectivity index (χ3v) is 5.60. The number of carbonyl (C=O) groups excluding carboxylic acids is 2. The van der Waals surface area contributed by atoms with E-state index in [-0.39, 0.29) is 12.1 Å². The van der Waals surface area contributed by atoms with Crippen LogP contribution < -0.4 is 5.32 Å². The number of hydrogen-bond acceptors (Lipinski definition) is 2. The van der Waals surface area contributed by atoms with Crippen LogP contribution in [0.5, 0.6) is 0 Å². The molecule has 2 aliphatic carbocycles. The van der Waals surface area contributed by atoms with Gasteiger partial charge in [-0.3, -0.25) is 9.69 Å². The molecule has 2 saturated carbocycles. The fourth-order valence-electron chi connectivity index (χ4n) is 4.03.